The van der Waals surface area contributed by atoms with Gasteiger partial charge in [-0.3, -0.25) is 4.90 Å². The molecule has 2 aliphatic heterocycles. The molecule has 2 N–H and O–H groups in total. The second-order valence-electron chi connectivity index (χ2n) is 7.78. The van der Waals surface area contributed by atoms with Crippen molar-refractivity contribution in [3.8, 4) is 0 Å². The maximum absolute atomic E-state index is 12.9. The first-order valence-electron chi connectivity index (χ1n) is 10.4. The molecule has 2 fully saturated rings. The van der Waals surface area contributed by atoms with Gasteiger partial charge in [-0.2, -0.15) is 13.2 Å². The van der Waals surface area contributed by atoms with Crippen molar-refractivity contribution in [3.63, 3.8) is 0 Å². The van der Waals surface area contributed by atoms with Gasteiger partial charge in [0.1, 0.15) is 0 Å². The van der Waals surface area contributed by atoms with Crippen molar-refractivity contribution in [1.29, 1.82) is 0 Å². The summed E-state index contributed by atoms with van der Waals surface area (Å²) in [5.74, 6) is 0.634. The van der Waals surface area contributed by atoms with Crippen LogP contribution in [0.5, 0.6) is 0 Å². The van der Waals surface area contributed by atoms with Gasteiger partial charge >= 0.3 is 6.18 Å². The molecule has 0 radical (unpaired) electrons. The predicted molar refractivity (Wildman–Crippen MR) is 123 cm³/mol. The van der Waals surface area contributed by atoms with Gasteiger partial charge in [0.25, 0.3) is 0 Å². The van der Waals surface area contributed by atoms with Crippen LogP contribution in [-0.2, 0) is 17.5 Å². The number of likely N-dealkylation sites (tertiary alicyclic amines) is 1. The molecular weight excluding hydrogens is 508 g/mol. The lowest BCUT2D eigenvalue weighted by molar-refractivity contribution is -0.137. The van der Waals surface area contributed by atoms with Crippen LogP contribution in [0.4, 0.5) is 13.2 Å². The number of aliphatic imine (C=N–C) groups is 1. The number of halogens is 4. The smallest absolute Gasteiger partial charge is 0.381 e. The normalized spacial score (nSPS) is 19.9. The van der Waals surface area contributed by atoms with Crippen LogP contribution in [0.15, 0.2) is 29.3 Å². The molecule has 0 spiro atoms. The average molecular weight is 540 g/mol. The van der Waals surface area contributed by atoms with Crippen molar-refractivity contribution in [2.45, 2.75) is 50.9 Å². The summed E-state index contributed by atoms with van der Waals surface area (Å²) in [4.78, 5) is 7.09. The number of rotatable bonds is 6. The Hall–Kier alpha value is -1.07. The molecule has 9 heteroatoms. The van der Waals surface area contributed by atoms with E-state index in [9.17, 15) is 13.2 Å². The minimum absolute atomic E-state index is 0. The minimum atomic E-state index is -4.34. The van der Waals surface area contributed by atoms with Crippen molar-refractivity contribution in [2.24, 2.45) is 4.99 Å². The van der Waals surface area contributed by atoms with Crippen molar-refractivity contribution in [3.05, 3.63) is 35.4 Å². The zero-order valence-corrected chi connectivity index (χ0v) is 19.8. The SMILES string of the molecule is CCNC(=NCc1cccc(C(F)(F)F)c1)NCC1(N2CCCC2)CCOCC1.I. The third kappa shape index (κ3) is 6.71. The van der Waals surface area contributed by atoms with Crippen LogP contribution in [0.3, 0.4) is 0 Å². The Morgan fingerprint density at radius 3 is 2.50 bits per heavy atom. The maximum atomic E-state index is 12.9. The van der Waals surface area contributed by atoms with Crippen molar-refractivity contribution >= 4 is 29.9 Å². The second kappa shape index (κ2) is 11.5. The lowest BCUT2D eigenvalue weighted by Crippen LogP contribution is -2.58. The quantitative estimate of drug-likeness (QED) is 0.325. The van der Waals surface area contributed by atoms with E-state index in [1.165, 1.54) is 18.9 Å². The summed E-state index contributed by atoms with van der Waals surface area (Å²) in [6, 6.07) is 5.35. The van der Waals surface area contributed by atoms with Crippen LogP contribution in [-0.4, -0.2) is 55.8 Å². The van der Waals surface area contributed by atoms with E-state index in [0.29, 0.717) is 18.1 Å². The molecule has 0 aromatic heterocycles. The Morgan fingerprint density at radius 2 is 1.87 bits per heavy atom. The van der Waals surface area contributed by atoms with E-state index in [0.717, 1.165) is 57.8 Å². The van der Waals surface area contributed by atoms with Crippen LogP contribution in [0.1, 0.15) is 43.7 Å². The van der Waals surface area contributed by atoms with Gasteiger partial charge < -0.3 is 15.4 Å². The van der Waals surface area contributed by atoms with Gasteiger partial charge in [-0.05, 0) is 63.4 Å². The Kier molecular flexibility index (Phi) is 9.67. The number of hydrogen-bond donors (Lipinski definition) is 2. The Labute approximate surface area is 193 Å². The molecule has 3 rings (SSSR count). The molecule has 170 valence electrons. The van der Waals surface area contributed by atoms with Gasteiger partial charge in [-0.15, -0.1) is 24.0 Å². The fourth-order valence-corrected chi connectivity index (χ4v) is 4.15. The van der Waals surface area contributed by atoms with Gasteiger partial charge in [0.05, 0.1) is 12.1 Å². The molecule has 1 aromatic carbocycles. The van der Waals surface area contributed by atoms with Gasteiger partial charge in [-0.25, -0.2) is 4.99 Å². The molecule has 2 heterocycles. The topological polar surface area (TPSA) is 48.9 Å². The maximum Gasteiger partial charge on any atom is 0.416 e. The van der Waals surface area contributed by atoms with E-state index in [1.54, 1.807) is 6.07 Å². The standard InChI is InChI=1S/C21H31F3N4O.HI/c1-2-25-19(26-15-17-6-5-7-18(14-17)21(22,23)24)27-16-20(8-12-29-13-9-20)28-10-3-4-11-28;/h5-7,14H,2-4,8-13,15-16H2,1H3,(H2,25,26,27);1H. The lowest BCUT2D eigenvalue weighted by Gasteiger charge is -2.45. The molecule has 5 nitrogen and oxygen atoms in total. The summed E-state index contributed by atoms with van der Waals surface area (Å²) < 4.78 is 44.4. The molecule has 30 heavy (non-hydrogen) atoms. The third-order valence-electron chi connectivity index (χ3n) is 5.80. The highest BCUT2D eigenvalue weighted by Crippen LogP contribution is 2.31. The highest BCUT2D eigenvalue weighted by atomic mass is 127. The zero-order chi connectivity index (χ0) is 20.7. The van der Waals surface area contributed by atoms with E-state index in [2.05, 4.69) is 20.5 Å². The van der Waals surface area contributed by atoms with Crippen LogP contribution in [0, 0.1) is 0 Å². The number of alkyl halides is 3. The molecular formula is C21H32F3IN4O. The Balaban J connectivity index is 0.00000320. The lowest BCUT2D eigenvalue weighted by atomic mass is 9.88. The summed E-state index contributed by atoms with van der Waals surface area (Å²) >= 11 is 0. The van der Waals surface area contributed by atoms with Crippen molar-refractivity contribution in [1.82, 2.24) is 15.5 Å². The molecule has 0 atom stereocenters. The number of nitrogens with zero attached hydrogens (tertiary/aromatic N) is 2. The average Bonchev–Trinajstić information content (AvgIpc) is 3.26. The monoisotopic (exact) mass is 540 g/mol. The zero-order valence-electron chi connectivity index (χ0n) is 17.4. The Bertz CT molecular complexity index is 687. The van der Waals surface area contributed by atoms with E-state index in [1.807, 2.05) is 6.92 Å². The van der Waals surface area contributed by atoms with E-state index >= 15 is 0 Å². The number of ether oxygens (including phenoxy) is 1. The van der Waals surface area contributed by atoms with Crippen LogP contribution >= 0.6 is 24.0 Å². The molecule has 0 bridgehead atoms. The molecule has 2 aliphatic rings. The van der Waals surface area contributed by atoms with Gasteiger partial charge in [0.15, 0.2) is 5.96 Å². The molecule has 0 saturated carbocycles. The predicted octanol–water partition coefficient (Wildman–Crippen LogP) is 4.02. The molecule has 0 unspecified atom stereocenters. The summed E-state index contributed by atoms with van der Waals surface area (Å²) in [7, 11) is 0. The van der Waals surface area contributed by atoms with E-state index in [-0.39, 0.29) is 36.1 Å². The molecule has 2 saturated heterocycles. The minimum Gasteiger partial charge on any atom is -0.381 e. The summed E-state index contributed by atoms with van der Waals surface area (Å²) in [6.07, 6.45) is 0.0757. The first-order chi connectivity index (χ1) is 13.9. The highest BCUT2D eigenvalue weighted by molar-refractivity contribution is 14.0. The molecule has 0 amide bonds. The van der Waals surface area contributed by atoms with Gasteiger partial charge in [0.2, 0.25) is 0 Å². The van der Waals surface area contributed by atoms with Crippen LogP contribution < -0.4 is 10.6 Å². The molecule has 1 aromatic rings. The number of hydrogen-bond acceptors (Lipinski definition) is 3. The number of benzene rings is 1. The van der Waals surface area contributed by atoms with E-state index in [4.69, 9.17) is 4.74 Å². The Morgan fingerprint density at radius 1 is 1.17 bits per heavy atom. The second-order valence-corrected chi connectivity index (χ2v) is 7.78. The summed E-state index contributed by atoms with van der Waals surface area (Å²) in [5.41, 5.74) is -0.0445. The highest BCUT2D eigenvalue weighted by Gasteiger charge is 2.39. The number of guanidine groups is 1. The molecule has 0 aliphatic carbocycles. The first-order valence-corrected chi connectivity index (χ1v) is 10.4. The van der Waals surface area contributed by atoms with Gasteiger partial charge in [-0.1, -0.05) is 12.1 Å². The largest absolute Gasteiger partial charge is 0.416 e. The fourth-order valence-electron chi connectivity index (χ4n) is 4.15. The van der Waals surface area contributed by atoms with Crippen molar-refractivity contribution in [2.75, 3.05) is 39.4 Å². The van der Waals surface area contributed by atoms with Crippen LogP contribution in [0.25, 0.3) is 0 Å². The fraction of sp³-hybridized carbons (Fsp3) is 0.667. The van der Waals surface area contributed by atoms with Crippen LogP contribution in [0.2, 0.25) is 0 Å². The third-order valence-corrected chi connectivity index (χ3v) is 5.80. The van der Waals surface area contributed by atoms with E-state index < -0.39 is 11.7 Å². The summed E-state index contributed by atoms with van der Waals surface area (Å²) in [6.45, 7) is 7.36. The van der Waals surface area contributed by atoms with Gasteiger partial charge in [0, 0.05) is 31.8 Å². The first kappa shape index (κ1) is 25.2. The summed E-state index contributed by atoms with van der Waals surface area (Å²) in [5, 5.41) is 6.65. The van der Waals surface area contributed by atoms with Crippen molar-refractivity contribution < 1.29 is 17.9 Å². The number of nitrogens with one attached hydrogen (secondary N) is 2.